The van der Waals surface area contributed by atoms with Gasteiger partial charge in [-0.05, 0) is 34.8 Å². The molecule has 0 amide bonds. The Balaban J connectivity index is 1.99. The van der Waals surface area contributed by atoms with Crippen LogP contribution in [0.15, 0.2) is 22.9 Å². The molecule has 0 aliphatic carbocycles. The molecule has 14 heavy (non-hydrogen) atoms. The van der Waals surface area contributed by atoms with E-state index in [9.17, 15) is 0 Å². The van der Waals surface area contributed by atoms with Crippen LogP contribution < -0.4 is 5.32 Å². The van der Waals surface area contributed by atoms with Crippen LogP contribution in [0.2, 0.25) is 0 Å². The number of hydrogen-bond acceptors (Lipinski definition) is 3. The third kappa shape index (κ3) is 2.45. The Bertz CT molecular complexity index is 300. The maximum absolute atomic E-state index is 5.30. The first-order valence-electron chi connectivity index (χ1n) is 4.80. The first-order valence-corrected chi connectivity index (χ1v) is 5.59. The fourth-order valence-electron chi connectivity index (χ4n) is 1.55. The maximum Gasteiger partial charge on any atom is 0.0590 e. The van der Waals surface area contributed by atoms with Gasteiger partial charge in [0.25, 0.3) is 0 Å². The summed E-state index contributed by atoms with van der Waals surface area (Å²) in [6, 6.07) is 2.52. The summed E-state index contributed by atoms with van der Waals surface area (Å²) in [5.74, 6) is 0. The van der Waals surface area contributed by atoms with E-state index in [0.717, 1.165) is 36.2 Å². The molecule has 0 bridgehead atoms. The molecule has 0 atom stereocenters. The van der Waals surface area contributed by atoms with E-state index in [1.807, 2.05) is 12.3 Å². The number of aromatic nitrogens is 1. The van der Waals surface area contributed by atoms with Gasteiger partial charge in [0.05, 0.1) is 10.2 Å². The van der Waals surface area contributed by atoms with Gasteiger partial charge in [-0.3, -0.25) is 4.98 Å². The summed E-state index contributed by atoms with van der Waals surface area (Å²) in [4.78, 5) is 4.03. The first-order chi connectivity index (χ1) is 6.86. The van der Waals surface area contributed by atoms with Gasteiger partial charge >= 0.3 is 0 Å². The molecule has 4 heteroatoms. The van der Waals surface area contributed by atoms with E-state index in [1.54, 1.807) is 6.20 Å². The summed E-state index contributed by atoms with van der Waals surface area (Å²) in [7, 11) is 0. The van der Waals surface area contributed by atoms with Crippen molar-refractivity contribution in [2.45, 2.75) is 18.9 Å². The van der Waals surface area contributed by atoms with Crippen molar-refractivity contribution >= 4 is 21.6 Å². The normalized spacial score (nSPS) is 18.1. The minimum Gasteiger partial charge on any atom is -0.381 e. The second-order valence-electron chi connectivity index (χ2n) is 3.39. The number of hydrogen-bond donors (Lipinski definition) is 1. The lowest BCUT2D eigenvalue weighted by atomic mass is 10.1. The van der Waals surface area contributed by atoms with Gasteiger partial charge < -0.3 is 10.1 Å². The highest BCUT2D eigenvalue weighted by Gasteiger charge is 2.13. The standard InChI is InChI=1S/C10H13BrN2O/c11-9-7-12-4-1-10(9)13-8-2-5-14-6-3-8/h1,4,7-8H,2-3,5-6H2,(H,12,13). The average molecular weight is 257 g/mol. The number of rotatable bonds is 2. The molecule has 3 nitrogen and oxygen atoms in total. The number of pyridine rings is 1. The van der Waals surface area contributed by atoms with Gasteiger partial charge in [0.2, 0.25) is 0 Å². The van der Waals surface area contributed by atoms with E-state index >= 15 is 0 Å². The van der Waals surface area contributed by atoms with Crippen LogP contribution in [0.3, 0.4) is 0 Å². The van der Waals surface area contributed by atoms with Gasteiger partial charge in [-0.1, -0.05) is 0 Å². The second-order valence-corrected chi connectivity index (χ2v) is 4.24. The summed E-state index contributed by atoms with van der Waals surface area (Å²) in [5.41, 5.74) is 1.12. The van der Waals surface area contributed by atoms with Crippen molar-refractivity contribution in [1.29, 1.82) is 0 Å². The van der Waals surface area contributed by atoms with E-state index in [-0.39, 0.29) is 0 Å². The molecule has 1 saturated heterocycles. The topological polar surface area (TPSA) is 34.2 Å². The third-order valence-electron chi connectivity index (χ3n) is 2.35. The van der Waals surface area contributed by atoms with Gasteiger partial charge in [0.1, 0.15) is 0 Å². The van der Waals surface area contributed by atoms with Gasteiger partial charge in [0.15, 0.2) is 0 Å². The van der Waals surface area contributed by atoms with Crippen LogP contribution in [0.4, 0.5) is 5.69 Å². The average Bonchev–Trinajstić information content (AvgIpc) is 2.23. The van der Waals surface area contributed by atoms with Crippen molar-refractivity contribution in [1.82, 2.24) is 4.98 Å². The van der Waals surface area contributed by atoms with Crippen LogP contribution in [0.1, 0.15) is 12.8 Å². The lowest BCUT2D eigenvalue weighted by molar-refractivity contribution is 0.0904. The van der Waals surface area contributed by atoms with Crippen LogP contribution >= 0.6 is 15.9 Å². The molecule has 1 aliphatic rings. The van der Waals surface area contributed by atoms with Crippen LogP contribution in [-0.4, -0.2) is 24.2 Å². The van der Waals surface area contributed by atoms with Crippen molar-refractivity contribution < 1.29 is 4.74 Å². The Kier molecular flexibility index (Phi) is 3.37. The van der Waals surface area contributed by atoms with Gasteiger partial charge in [0, 0.05) is 31.6 Å². The molecule has 1 aromatic heterocycles. The monoisotopic (exact) mass is 256 g/mol. The van der Waals surface area contributed by atoms with Gasteiger partial charge in [-0.15, -0.1) is 0 Å². The Hall–Kier alpha value is -0.610. The molecule has 2 heterocycles. The molecule has 0 unspecified atom stereocenters. The van der Waals surface area contributed by atoms with Crippen LogP contribution in [0, 0.1) is 0 Å². The van der Waals surface area contributed by atoms with Crippen molar-refractivity contribution in [3.8, 4) is 0 Å². The smallest absolute Gasteiger partial charge is 0.0590 e. The largest absolute Gasteiger partial charge is 0.381 e. The van der Waals surface area contributed by atoms with Crippen LogP contribution in [-0.2, 0) is 4.74 Å². The summed E-state index contributed by atoms with van der Waals surface area (Å²) in [6.45, 7) is 1.72. The van der Waals surface area contributed by atoms with E-state index in [4.69, 9.17) is 4.74 Å². The SMILES string of the molecule is Brc1cnccc1NC1CCOCC1. The van der Waals surface area contributed by atoms with Gasteiger partial charge in [-0.2, -0.15) is 0 Å². The molecule has 2 rings (SSSR count). The van der Waals surface area contributed by atoms with E-state index in [2.05, 4.69) is 26.2 Å². The van der Waals surface area contributed by atoms with Crippen molar-refractivity contribution in [2.24, 2.45) is 0 Å². The fourth-order valence-corrected chi connectivity index (χ4v) is 1.92. The summed E-state index contributed by atoms with van der Waals surface area (Å²) in [5, 5.41) is 3.48. The molecular weight excluding hydrogens is 244 g/mol. The number of ether oxygens (including phenoxy) is 1. The molecule has 0 saturated carbocycles. The minimum atomic E-state index is 0.530. The first kappa shape index (κ1) is 9.93. The fraction of sp³-hybridized carbons (Fsp3) is 0.500. The maximum atomic E-state index is 5.30. The Morgan fingerprint density at radius 3 is 2.93 bits per heavy atom. The number of halogens is 1. The molecule has 1 N–H and O–H groups in total. The third-order valence-corrected chi connectivity index (χ3v) is 2.99. The molecule has 1 aliphatic heterocycles. The second kappa shape index (κ2) is 4.75. The highest BCUT2D eigenvalue weighted by molar-refractivity contribution is 9.10. The Morgan fingerprint density at radius 2 is 2.21 bits per heavy atom. The lowest BCUT2D eigenvalue weighted by Gasteiger charge is -2.24. The molecule has 0 aromatic carbocycles. The van der Waals surface area contributed by atoms with Crippen LogP contribution in [0.5, 0.6) is 0 Å². The van der Waals surface area contributed by atoms with Crippen molar-refractivity contribution in [3.05, 3.63) is 22.9 Å². The van der Waals surface area contributed by atoms with Gasteiger partial charge in [-0.25, -0.2) is 0 Å². The molecule has 1 fully saturated rings. The molecule has 76 valence electrons. The molecular formula is C10H13BrN2O. The quantitative estimate of drug-likeness (QED) is 0.883. The highest BCUT2D eigenvalue weighted by atomic mass is 79.9. The van der Waals surface area contributed by atoms with E-state index in [1.165, 1.54) is 0 Å². The summed E-state index contributed by atoms with van der Waals surface area (Å²) in [6.07, 6.45) is 5.76. The van der Waals surface area contributed by atoms with Crippen molar-refractivity contribution in [3.63, 3.8) is 0 Å². The number of nitrogens with one attached hydrogen (secondary N) is 1. The molecule has 0 spiro atoms. The van der Waals surface area contributed by atoms with Crippen molar-refractivity contribution in [2.75, 3.05) is 18.5 Å². The predicted octanol–water partition coefficient (Wildman–Crippen LogP) is 2.44. The Labute approximate surface area is 92.0 Å². The zero-order valence-electron chi connectivity index (χ0n) is 7.87. The molecule has 1 aromatic rings. The molecule has 0 radical (unpaired) electrons. The van der Waals surface area contributed by atoms with E-state index in [0.29, 0.717) is 6.04 Å². The lowest BCUT2D eigenvalue weighted by Crippen LogP contribution is -2.27. The highest BCUT2D eigenvalue weighted by Crippen LogP contribution is 2.22. The zero-order valence-corrected chi connectivity index (χ0v) is 9.46. The van der Waals surface area contributed by atoms with Crippen LogP contribution in [0.25, 0.3) is 0 Å². The number of nitrogens with zero attached hydrogens (tertiary/aromatic N) is 1. The zero-order chi connectivity index (χ0) is 9.80. The predicted molar refractivity (Wildman–Crippen MR) is 59.4 cm³/mol. The summed E-state index contributed by atoms with van der Waals surface area (Å²) >= 11 is 3.47. The minimum absolute atomic E-state index is 0.530. The number of anilines is 1. The van der Waals surface area contributed by atoms with E-state index < -0.39 is 0 Å². The summed E-state index contributed by atoms with van der Waals surface area (Å²) < 4.78 is 6.32. The Morgan fingerprint density at radius 1 is 1.43 bits per heavy atom.